The fourth-order valence-electron chi connectivity index (χ4n) is 4.12. The number of anilines is 2. The Hall–Kier alpha value is -4.44. The summed E-state index contributed by atoms with van der Waals surface area (Å²) < 4.78 is 0. The summed E-state index contributed by atoms with van der Waals surface area (Å²) in [6.07, 6.45) is 2.76. The molecule has 0 radical (unpaired) electrons. The summed E-state index contributed by atoms with van der Waals surface area (Å²) in [5.41, 5.74) is 8.17. The summed E-state index contributed by atoms with van der Waals surface area (Å²) in [5.74, 6) is -0.496. The van der Waals surface area contributed by atoms with Gasteiger partial charge in [-0.25, -0.2) is 0 Å². The molecule has 0 N–H and O–H groups in total. The van der Waals surface area contributed by atoms with Crippen LogP contribution in [0.5, 0.6) is 0 Å². The van der Waals surface area contributed by atoms with Crippen LogP contribution in [0.15, 0.2) is 109 Å². The van der Waals surface area contributed by atoms with Crippen molar-refractivity contribution in [2.24, 2.45) is 0 Å². The molecule has 0 aromatic heterocycles. The topological polar surface area (TPSA) is 40.6 Å². The normalized spacial score (nSPS) is 10.9. The predicted molar refractivity (Wildman–Crippen MR) is 156 cm³/mol. The van der Waals surface area contributed by atoms with Crippen LogP contribution in [-0.4, -0.2) is 11.8 Å². The fourth-order valence-corrected chi connectivity index (χ4v) is 4.12. The van der Waals surface area contributed by atoms with Crippen molar-refractivity contribution in [3.05, 3.63) is 143 Å². The van der Waals surface area contributed by atoms with Gasteiger partial charge in [0.05, 0.1) is 13.1 Å². The number of hydrogen-bond donors (Lipinski definition) is 0. The number of hydrogen-bond acceptors (Lipinski definition) is 2. The van der Waals surface area contributed by atoms with Crippen molar-refractivity contribution >= 4 is 23.2 Å². The van der Waals surface area contributed by atoms with E-state index in [9.17, 15) is 9.59 Å². The zero-order valence-corrected chi connectivity index (χ0v) is 22.5. The van der Waals surface area contributed by atoms with Crippen molar-refractivity contribution in [3.63, 3.8) is 0 Å². The van der Waals surface area contributed by atoms with E-state index in [0.29, 0.717) is 13.1 Å². The van der Waals surface area contributed by atoms with Crippen molar-refractivity contribution in [2.75, 3.05) is 9.80 Å². The predicted octanol–water partition coefficient (Wildman–Crippen LogP) is 7.24. The number of carbonyl (C=O) groups excluding carboxylic acids is 2. The summed E-state index contributed by atoms with van der Waals surface area (Å²) in [6.45, 7) is 8.93. The fraction of sp³-hybridized carbons (Fsp3) is 0.176. The molecule has 0 aliphatic carbocycles. The summed E-state index contributed by atoms with van der Waals surface area (Å²) in [7, 11) is 0. The number of aryl methyl sites for hydroxylation is 4. The van der Waals surface area contributed by atoms with Gasteiger partial charge in [0.2, 0.25) is 0 Å². The van der Waals surface area contributed by atoms with E-state index in [2.05, 4.69) is 0 Å². The van der Waals surface area contributed by atoms with Crippen molar-refractivity contribution in [3.8, 4) is 0 Å². The molecule has 4 nitrogen and oxygen atoms in total. The summed E-state index contributed by atoms with van der Waals surface area (Å²) in [4.78, 5) is 30.3. The highest BCUT2D eigenvalue weighted by atomic mass is 16.2. The van der Waals surface area contributed by atoms with Crippen LogP contribution in [0.25, 0.3) is 0 Å². The lowest BCUT2D eigenvalue weighted by molar-refractivity contribution is -0.116. The molecule has 0 aliphatic rings. The van der Waals surface area contributed by atoms with Crippen LogP contribution in [0.4, 0.5) is 11.4 Å². The van der Waals surface area contributed by atoms with Gasteiger partial charge in [-0.1, -0.05) is 95.1 Å². The minimum atomic E-state index is -0.248. The number of carbonyl (C=O) groups is 2. The van der Waals surface area contributed by atoms with Crippen LogP contribution in [0.1, 0.15) is 33.4 Å². The zero-order chi connectivity index (χ0) is 27.1. The minimum Gasteiger partial charge on any atom is -0.304 e. The Labute approximate surface area is 225 Å². The third kappa shape index (κ3) is 7.07. The Morgan fingerprint density at radius 2 is 0.737 bits per heavy atom. The van der Waals surface area contributed by atoms with Crippen molar-refractivity contribution in [1.29, 1.82) is 0 Å². The maximum absolute atomic E-state index is 13.5. The van der Waals surface area contributed by atoms with E-state index < -0.39 is 0 Å². The second kappa shape index (κ2) is 12.2. The van der Waals surface area contributed by atoms with Crippen LogP contribution < -0.4 is 9.80 Å². The van der Waals surface area contributed by atoms with Gasteiger partial charge in [-0.05, 0) is 63.1 Å². The van der Waals surface area contributed by atoms with Gasteiger partial charge in [0.15, 0.2) is 0 Å². The van der Waals surface area contributed by atoms with E-state index in [1.54, 1.807) is 9.80 Å². The molecule has 192 valence electrons. The van der Waals surface area contributed by atoms with E-state index in [1.807, 2.05) is 125 Å². The smallest absolute Gasteiger partial charge is 0.251 e. The lowest BCUT2D eigenvalue weighted by Crippen LogP contribution is -2.31. The Bertz CT molecular complexity index is 1290. The standard InChI is InChI=1S/C34H34N2O2/c1-25-5-13-29(14-6-25)23-35(31-17-9-27(3)10-18-31)33(37)21-22-34(38)36(32-19-11-28(4)12-20-32)24-30-15-7-26(2)8-16-30/h5-22H,23-24H2,1-4H3/b22-21+. The monoisotopic (exact) mass is 502 g/mol. The van der Waals surface area contributed by atoms with Crippen LogP contribution in [-0.2, 0) is 22.7 Å². The second-order valence-electron chi connectivity index (χ2n) is 9.82. The first kappa shape index (κ1) is 26.6. The SMILES string of the molecule is Cc1ccc(CN(C(=O)/C=C/C(=O)N(Cc2ccc(C)cc2)c2ccc(C)cc2)c2ccc(C)cc2)cc1. The number of amides is 2. The van der Waals surface area contributed by atoms with Gasteiger partial charge in [0.25, 0.3) is 11.8 Å². The maximum atomic E-state index is 13.5. The second-order valence-corrected chi connectivity index (χ2v) is 9.82. The Morgan fingerprint density at radius 3 is 1.03 bits per heavy atom. The first-order chi connectivity index (χ1) is 18.3. The molecule has 0 fully saturated rings. The lowest BCUT2D eigenvalue weighted by atomic mass is 10.1. The third-order valence-electron chi connectivity index (χ3n) is 6.51. The number of benzene rings is 4. The van der Waals surface area contributed by atoms with Crippen LogP contribution >= 0.6 is 0 Å². The molecule has 4 heteroatoms. The van der Waals surface area contributed by atoms with E-state index >= 15 is 0 Å². The van der Waals surface area contributed by atoms with E-state index in [4.69, 9.17) is 0 Å². The molecule has 0 heterocycles. The van der Waals surface area contributed by atoms with E-state index in [-0.39, 0.29) is 11.8 Å². The largest absolute Gasteiger partial charge is 0.304 e. The molecular formula is C34H34N2O2. The molecule has 0 bridgehead atoms. The summed E-state index contributed by atoms with van der Waals surface area (Å²) >= 11 is 0. The minimum absolute atomic E-state index is 0.248. The average Bonchev–Trinajstić information content (AvgIpc) is 2.92. The highest BCUT2D eigenvalue weighted by molar-refractivity contribution is 6.08. The van der Waals surface area contributed by atoms with Gasteiger partial charge >= 0.3 is 0 Å². The number of nitrogens with zero attached hydrogens (tertiary/aromatic N) is 2. The zero-order valence-electron chi connectivity index (χ0n) is 22.5. The molecule has 4 aromatic rings. The Morgan fingerprint density at radius 1 is 0.474 bits per heavy atom. The highest BCUT2D eigenvalue weighted by Crippen LogP contribution is 2.21. The lowest BCUT2D eigenvalue weighted by Gasteiger charge is -2.23. The van der Waals surface area contributed by atoms with Gasteiger partial charge in [-0.2, -0.15) is 0 Å². The number of rotatable bonds is 8. The quantitative estimate of drug-likeness (QED) is 0.238. The first-order valence-corrected chi connectivity index (χ1v) is 12.8. The van der Waals surface area contributed by atoms with Crippen molar-refractivity contribution in [1.82, 2.24) is 0 Å². The first-order valence-electron chi connectivity index (χ1n) is 12.8. The molecule has 38 heavy (non-hydrogen) atoms. The third-order valence-corrected chi connectivity index (χ3v) is 6.51. The molecule has 0 saturated heterocycles. The average molecular weight is 503 g/mol. The van der Waals surface area contributed by atoms with E-state index in [0.717, 1.165) is 44.8 Å². The molecule has 0 saturated carbocycles. The Kier molecular flexibility index (Phi) is 8.55. The van der Waals surface area contributed by atoms with Crippen LogP contribution in [0, 0.1) is 27.7 Å². The van der Waals surface area contributed by atoms with Gasteiger partial charge in [-0.3, -0.25) is 9.59 Å². The molecule has 4 aromatic carbocycles. The van der Waals surface area contributed by atoms with Gasteiger partial charge in [0, 0.05) is 23.5 Å². The maximum Gasteiger partial charge on any atom is 0.251 e. The van der Waals surface area contributed by atoms with Crippen molar-refractivity contribution < 1.29 is 9.59 Å². The Balaban J connectivity index is 1.59. The molecule has 2 amide bonds. The van der Waals surface area contributed by atoms with Crippen LogP contribution in [0.3, 0.4) is 0 Å². The molecule has 4 rings (SSSR count). The van der Waals surface area contributed by atoms with Crippen molar-refractivity contribution in [2.45, 2.75) is 40.8 Å². The molecule has 0 spiro atoms. The van der Waals surface area contributed by atoms with Gasteiger partial charge in [0.1, 0.15) is 0 Å². The summed E-state index contributed by atoms with van der Waals surface area (Å²) in [6, 6.07) is 32.0. The highest BCUT2D eigenvalue weighted by Gasteiger charge is 2.18. The molecule has 0 aliphatic heterocycles. The van der Waals surface area contributed by atoms with Crippen LogP contribution in [0.2, 0.25) is 0 Å². The molecule has 0 atom stereocenters. The summed E-state index contributed by atoms with van der Waals surface area (Å²) in [5, 5.41) is 0. The molecular weight excluding hydrogens is 468 g/mol. The molecule has 0 unspecified atom stereocenters. The van der Waals surface area contributed by atoms with Gasteiger partial charge < -0.3 is 9.80 Å². The van der Waals surface area contributed by atoms with E-state index in [1.165, 1.54) is 12.2 Å². The van der Waals surface area contributed by atoms with Gasteiger partial charge in [-0.15, -0.1) is 0 Å².